The van der Waals surface area contributed by atoms with Gasteiger partial charge in [-0.3, -0.25) is 4.79 Å². The number of carbonyl (C=O) groups excluding carboxylic acids is 1. The van der Waals surface area contributed by atoms with Crippen LogP contribution in [0.3, 0.4) is 0 Å². The summed E-state index contributed by atoms with van der Waals surface area (Å²) in [6, 6.07) is 8.84. The molecule has 0 spiro atoms. The smallest absolute Gasteiger partial charge is 0.254 e. The molecule has 0 N–H and O–H groups in total. The topological polar surface area (TPSA) is 54.5 Å². The molecule has 98 valence electrons. The van der Waals surface area contributed by atoms with Crippen LogP contribution in [0, 0.1) is 0 Å². The molecule has 1 saturated heterocycles. The third kappa shape index (κ3) is 3.10. The third-order valence-corrected chi connectivity index (χ3v) is 4.14. The summed E-state index contributed by atoms with van der Waals surface area (Å²) in [5.41, 5.74) is 0.623. The van der Waals surface area contributed by atoms with Crippen molar-refractivity contribution in [1.29, 1.82) is 0 Å². The molecule has 1 aromatic carbocycles. The highest BCUT2D eigenvalue weighted by molar-refractivity contribution is 7.90. The van der Waals surface area contributed by atoms with E-state index in [0.717, 1.165) is 12.8 Å². The predicted molar refractivity (Wildman–Crippen MR) is 70.2 cm³/mol. The molecule has 0 saturated carbocycles. The molecule has 18 heavy (non-hydrogen) atoms. The molecule has 1 aliphatic rings. The number of sulfone groups is 1. The average molecular weight is 267 g/mol. The van der Waals surface area contributed by atoms with Crippen LogP contribution in [0.25, 0.3) is 0 Å². The van der Waals surface area contributed by atoms with Crippen LogP contribution in [0.5, 0.6) is 0 Å². The lowest BCUT2D eigenvalue weighted by Gasteiger charge is -2.24. The van der Waals surface area contributed by atoms with Gasteiger partial charge in [0.25, 0.3) is 5.91 Å². The Balaban J connectivity index is 2.15. The predicted octanol–water partition coefficient (Wildman–Crippen LogP) is 1.34. The van der Waals surface area contributed by atoms with E-state index in [2.05, 4.69) is 0 Å². The van der Waals surface area contributed by atoms with Crippen molar-refractivity contribution in [3.05, 3.63) is 35.9 Å². The number of nitrogens with zero attached hydrogens (tertiary/aromatic N) is 1. The fourth-order valence-electron chi connectivity index (χ4n) is 2.37. The highest BCUT2D eigenvalue weighted by atomic mass is 32.2. The van der Waals surface area contributed by atoms with Gasteiger partial charge >= 0.3 is 0 Å². The summed E-state index contributed by atoms with van der Waals surface area (Å²) in [5, 5.41) is 0. The molecule has 0 bridgehead atoms. The maximum atomic E-state index is 12.3. The monoisotopic (exact) mass is 267 g/mol. The zero-order chi connectivity index (χ0) is 13.2. The summed E-state index contributed by atoms with van der Waals surface area (Å²) in [5.74, 6) is -0.00674. The molecule has 1 atom stereocenters. The molecular formula is C13H17NO3S. The van der Waals surface area contributed by atoms with Crippen molar-refractivity contribution in [1.82, 2.24) is 4.90 Å². The first-order valence-electron chi connectivity index (χ1n) is 6.01. The minimum absolute atomic E-state index is 0.0611. The van der Waals surface area contributed by atoms with Crippen molar-refractivity contribution in [2.45, 2.75) is 18.9 Å². The van der Waals surface area contributed by atoms with E-state index in [9.17, 15) is 13.2 Å². The summed E-state index contributed by atoms with van der Waals surface area (Å²) in [7, 11) is -3.05. The maximum absolute atomic E-state index is 12.3. The van der Waals surface area contributed by atoms with E-state index >= 15 is 0 Å². The fourth-order valence-corrected chi connectivity index (χ4v) is 3.42. The zero-order valence-corrected chi connectivity index (χ0v) is 11.2. The molecule has 2 rings (SSSR count). The molecule has 1 fully saturated rings. The van der Waals surface area contributed by atoms with Crippen LogP contribution in [0.1, 0.15) is 23.2 Å². The Hall–Kier alpha value is -1.36. The molecule has 1 aliphatic heterocycles. The van der Waals surface area contributed by atoms with E-state index in [-0.39, 0.29) is 17.7 Å². The van der Waals surface area contributed by atoms with Crippen LogP contribution in [0.4, 0.5) is 0 Å². The Labute approximate surface area is 108 Å². The second-order valence-electron chi connectivity index (χ2n) is 4.75. The molecule has 0 aromatic heterocycles. The molecule has 0 aliphatic carbocycles. The molecule has 1 amide bonds. The molecule has 5 heteroatoms. The Bertz CT molecular complexity index is 524. The Kier molecular flexibility index (Phi) is 3.71. The number of hydrogen-bond acceptors (Lipinski definition) is 3. The Morgan fingerprint density at radius 2 is 2.00 bits per heavy atom. The molecule has 1 aromatic rings. The summed E-state index contributed by atoms with van der Waals surface area (Å²) in [4.78, 5) is 14.0. The van der Waals surface area contributed by atoms with Gasteiger partial charge in [0.05, 0.1) is 5.75 Å². The summed E-state index contributed by atoms with van der Waals surface area (Å²) in [6.07, 6.45) is 2.86. The largest absolute Gasteiger partial charge is 0.335 e. The van der Waals surface area contributed by atoms with Crippen molar-refractivity contribution < 1.29 is 13.2 Å². The van der Waals surface area contributed by atoms with Crippen molar-refractivity contribution in [2.24, 2.45) is 0 Å². The van der Waals surface area contributed by atoms with Crippen LogP contribution in [0.2, 0.25) is 0 Å². The number of carbonyl (C=O) groups is 1. The van der Waals surface area contributed by atoms with Crippen LogP contribution < -0.4 is 0 Å². The van der Waals surface area contributed by atoms with E-state index in [4.69, 9.17) is 0 Å². The number of rotatable bonds is 3. The first-order valence-corrected chi connectivity index (χ1v) is 8.07. The van der Waals surface area contributed by atoms with E-state index in [1.54, 1.807) is 17.0 Å². The average Bonchev–Trinajstić information content (AvgIpc) is 2.75. The van der Waals surface area contributed by atoms with E-state index in [1.807, 2.05) is 18.2 Å². The molecule has 4 nitrogen and oxygen atoms in total. The van der Waals surface area contributed by atoms with Gasteiger partial charge in [-0.2, -0.15) is 0 Å². The van der Waals surface area contributed by atoms with Crippen molar-refractivity contribution in [2.75, 3.05) is 18.6 Å². The Morgan fingerprint density at radius 1 is 1.33 bits per heavy atom. The van der Waals surface area contributed by atoms with Crippen molar-refractivity contribution in [3.63, 3.8) is 0 Å². The van der Waals surface area contributed by atoms with Gasteiger partial charge in [-0.05, 0) is 25.0 Å². The summed E-state index contributed by atoms with van der Waals surface area (Å²) >= 11 is 0. The van der Waals surface area contributed by atoms with Crippen molar-refractivity contribution in [3.8, 4) is 0 Å². The van der Waals surface area contributed by atoms with Crippen LogP contribution in [0.15, 0.2) is 30.3 Å². The fraction of sp³-hybridized carbons (Fsp3) is 0.462. The van der Waals surface area contributed by atoms with Gasteiger partial charge in [-0.25, -0.2) is 8.42 Å². The van der Waals surface area contributed by atoms with Gasteiger partial charge in [0.2, 0.25) is 0 Å². The molecule has 1 heterocycles. The number of amides is 1. The SMILES string of the molecule is CS(=O)(=O)CC1CCCN1C(=O)c1ccccc1. The van der Waals surface area contributed by atoms with E-state index < -0.39 is 9.84 Å². The number of benzene rings is 1. The number of hydrogen-bond donors (Lipinski definition) is 0. The van der Waals surface area contributed by atoms with Gasteiger partial charge < -0.3 is 4.90 Å². The lowest BCUT2D eigenvalue weighted by molar-refractivity contribution is 0.0749. The molecule has 0 radical (unpaired) electrons. The van der Waals surface area contributed by atoms with Gasteiger partial charge in [-0.1, -0.05) is 18.2 Å². The lowest BCUT2D eigenvalue weighted by Crippen LogP contribution is -2.39. The lowest BCUT2D eigenvalue weighted by atomic mass is 10.2. The summed E-state index contributed by atoms with van der Waals surface area (Å²) in [6.45, 7) is 0.647. The second-order valence-corrected chi connectivity index (χ2v) is 6.94. The Morgan fingerprint density at radius 3 is 2.61 bits per heavy atom. The van der Waals surface area contributed by atoms with Crippen LogP contribution in [-0.4, -0.2) is 43.8 Å². The van der Waals surface area contributed by atoms with Gasteiger partial charge in [0, 0.05) is 24.4 Å². The third-order valence-electron chi connectivity index (χ3n) is 3.15. The maximum Gasteiger partial charge on any atom is 0.254 e. The summed E-state index contributed by atoms with van der Waals surface area (Å²) < 4.78 is 22.7. The van der Waals surface area contributed by atoms with E-state index in [1.165, 1.54) is 6.26 Å². The van der Waals surface area contributed by atoms with Crippen LogP contribution >= 0.6 is 0 Å². The standard InChI is InChI=1S/C13H17NO3S/c1-18(16,17)10-12-8-5-9-14(12)13(15)11-6-3-2-4-7-11/h2-4,6-7,12H,5,8-10H2,1H3. The quantitative estimate of drug-likeness (QED) is 0.830. The van der Waals surface area contributed by atoms with Crippen LogP contribution in [-0.2, 0) is 9.84 Å². The highest BCUT2D eigenvalue weighted by Gasteiger charge is 2.31. The minimum Gasteiger partial charge on any atom is -0.335 e. The van der Waals surface area contributed by atoms with Gasteiger partial charge in [-0.15, -0.1) is 0 Å². The molecule has 1 unspecified atom stereocenters. The second kappa shape index (κ2) is 5.10. The minimum atomic E-state index is -3.05. The zero-order valence-electron chi connectivity index (χ0n) is 10.4. The van der Waals surface area contributed by atoms with Gasteiger partial charge in [0.1, 0.15) is 9.84 Å². The number of likely N-dealkylation sites (tertiary alicyclic amines) is 1. The first-order chi connectivity index (χ1) is 8.47. The first kappa shape index (κ1) is 13.1. The highest BCUT2D eigenvalue weighted by Crippen LogP contribution is 2.21. The molecular weight excluding hydrogens is 250 g/mol. The van der Waals surface area contributed by atoms with E-state index in [0.29, 0.717) is 12.1 Å². The van der Waals surface area contributed by atoms with Gasteiger partial charge in [0.15, 0.2) is 0 Å². The van der Waals surface area contributed by atoms with Crippen molar-refractivity contribution >= 4 is 15.7 Å². The normalized spacial score (nSPS) is 20.1.